The number of nitrogens with zero attached hydrogens (tertiary/aromatic N) is 3. The highest BCUT2D eigenvalue weighted by molar-refractivity contribution is 6.24. The van der Waals surface area contributed by atoms with Crippen molar-refractivity contribution < 1.29 is 33.5 Å². The van der Waals surface area contributed by atoms with Crippen LogP contribution in [0, 0.1) is 0 Å². The van der Waals surface area contributed by atoms with E-state index in [0.717, 1.165) is 92.4 Å². The van der Waals surface area contributed by atoms with Crippen LogP contribution in [0.2, 0.25) is 0 Å². The molecular weight excluding hydrogens is 727 g/mol. The van der Waals surface area contributed by atoms with Gasteiger partial charge in [-0.05, 0) is 88.5 Å². The lowest BCUT2D eigenvalue weighted by Gasteiger charge is -2.31. The van der Waals surface area contributed by atoms with Crippen molar-refractivity contribution in [2.75, 3.05) is 45.7 Å². The van der Waals surface area contributed by atoms with E-state index in [1.807, 2.05) is 0 Å². The van der Waals surface area contributed by atoms with Gasteiger partial charge in [-0.1, -0.05) is 57.1 Å². The van der Waals surface area contributed by atoms with Crippen LogP contribution in [0.5, 0.6) is 5.75 Å². The molecule has 57 heavy (non-hydrogen) atoms. The average molecular weight is 782 g/mol. The third-order valence-corrected chi connectivity index (χ3v) is 11.2. The molecule has 2 aromatic carbocycles. The summed E-state index contributed by atoms with van der Waals surface area (Å²) in [5.74, 6) is -2.78. The van der Waals surface area contributed by atoms with E-state index < -0.39 is 29.7 Å². The molecule has 6 rings (SSSR count). The molecule has 2 fully saturated rings. The van der Waals surface area contributed by atoms with Gasteiger partial charge in [0, 0.05) is 37.6 Å². The zero-order valence-corrected chi connectivity index (χ0v) is 33.1. The number of likely N-dealkylation sites (tertiary alicyclic amines) is 1. The maximum absolute atomic E-state index is 13.2. The number of fused-ring (bicyclic) bond motifs is 2. The number of rotatable bonds is 19. The number of anilines is 1. The zero-order valence-electron chi connectivity index (χ0n) is 33.1. The predicted molar refractivity (Wildman–Crippen MR) is 216 cm³/mol. The summed E-state index contributed by atoms with van der Waals surface area (Å²) in [6, 6.07) is 10.2. The Labute approximate surface area is 333 Å². The van der Waals surface area contributed by atoms with Gasteiger partial charge < -0.3 is 25.6 Å². The van der Waals surface area contributed by atoms with E-state index >= 15 is 0 Å². The molecule has 14 heteroatoms. The summed E-state index contributed by atoms with van der Waals surface area (Å²) in [6.07, 6.45) is 14.8. The molecule has 0 saturated carbocycles. The summed E-state index contributed by atoms with van der Waals surface area (Å²) in [5.41, 5.74) is 3.75. The Morgan fingerprint density at radius 3 is 2.33 bits per heavy atom. The van der Waals surface area contributed by atoms with E-state index in [4.69, 9.17) is 4.74 Å². The highest BCUT2D eigenvalue weighted by atomic mass is 16.5. The van der Waals surface area contributed by atoms with Crippen LogP contribution in [0.4, 0.5) is 5.69 Å². The van der Waals surface area contributed by atoms with Gasteiger partial charge in [0.1, 0.15) is 11.8 Å². The molecule has 3 aliphatic heterocycles. The van der Waals surface area contributed by atoms with Crippen molar-refractivity contribution in [3.63, 3.8) is 0 Å². The average Bonchev–Trinajstić information content (AvgIpc) is 3.46. The molecule has 0 bridgehead atoms. The van der Waals surface area contributed by atoms with Crippen molar-refractivity contribution in [2.24, 2.45) is 0 Å². The zero-order chi connectivity index (χ0) is 40.3. The highest BCUT2D eigenvalue weighted by Gasteiger charge is 2.46. The molecule has 1 aromatic heterocycles. The van der Waals surface area contributed by atoms with Gasteiger partial charge in [0.2, 0.25) is 11.8 Å². The number of benzene rings is 2. The number of piperidine rings is 2. The fourth-order valence-electron chi connectivity index (χ4n) is 7.93. The lowest BCUT2D eigenvalue weighted by molar-refractivity contribution is -0.136. The second kappa shape index (κ2) is 19.7. The second-order valence-corrected chi connectivity index (χ2v) is 15.4. The Morgan fingerprint density at radius 2 is 1.61 bits per heavy atom. The number of imide groups is 2. The summed E-state index contributed by atoms with van der Waals surface area (Å²) >= 11 is 0. The molecule has 3 aromatic rings. The Hall–Kier alpha value is -5.37. The largest absolute Gasteiger partial charge is 0.483 e. The third-order valence-electron chi connectivity index (χ3n) is 11.2. The van der Waals surface area contributed by atoms with Crippen LogP contribution >= 0.6 is 0 Å². The number of amides is 6. The van der Waals surface area contributed by atoms with E-state index in [1.54, 1.807) is 19.3 Å². The fourth-order valence-corrected chi connectivity index (χ4v) is 7.93. The van der Waals surface area contributed by atoms with Gasteiger partial charge in [-0.2, -0.15) is 0 Å². The number of carbonyl (C=O) groups is 6. The molecule has 0 radical (unpaired) electrons. The quantitative estimate of drug-likeness (QED) is 0.0980. The first-order valence-corrected chi connectivity index (χ1v) is 20.5. The number of aryl methyl sites for hydroxylation is 1. The summed E-state index contributed by atoms with van der Waals surface area (Å²) < 4.78 is 5.66. The molecule has 14 nitrogen and oxygen atoms in total. The van der Waals surface area contributed by atoms with Crippen molar-refractivity contribution >= 4 is 52.0 Å². The number of hydrogen-bond donors (Lipinski definition) is 4. The van der Waals surface area contributed by atoms with E-state index in [9.17, 15) is 28.8 Å². The smallest absolute Gasteiger partial charge is 0.266 e. The fraction of sp³-hybridized carbons (Fsp3) is 0.512. The Bertz CT molecular complexity index is 1980. The molecule has 0 spiro atoms. The standard InChI is InChI=1S/C43H55N7O7/c1-44-40(53)32-26-46-33-17-16-28(25-31(33)39(32)47-29-20-23-49(2)24-21-29)13-10-8-6-4-3-5-7-9-11-22-45-37(52)27-57-35-15-12-14-30-38(35)43(56)50(42(30)55)34-18-19-36(51)48-41(34)54/h12,14-17,25-26,29,34H,3-11,13,18-24,27H2,1-2H3,(H,44,53)(H,45,52)(H,46,47)(H,48,51,54). The van der Waals surface area contributed by atoms with E-state index in [-0.39, 0.29) is 48.1 Å². The molecular formula is C43H55N7O7. The minimum absolute atomic E-state index is 0.0195. The minimum atomic E-state index is -1.07. The molecule has 0 aliphatic carbocycles. The van der Waals surface area contributed by atoms with E-state index in [2.05, 4.69) is 56.4 Å². The van der Waals surface area contributed by atoms with Crippen molar-refractivity contribution in [1.29, 1.82) is 0 Å². The molecule has 3 aliphatic rings. The van der Waals surface area contributed by atoms with Gasteiger partial charge >= 0.3 is 0 Å². The topological polar surface area (TPSA) is 179 Å². The molecule has 6 amide bonds. The van der Waals surface area contributed by atoms with Crippen molar-refractivity contribution in [2.45, 2.75) is 102 Å². The van der Waals surface area contributed by atoms with Crippen LogP contribution in [0.15, 0.2) is 42.6 Å². The maximum atomic E-state index is 13.2. The van der Waals surface area contributed by atoms with Crippen LogP contribution in [-0.4, -0.2) is 103 Å². The van der Waals surface area contributed by atoms with Gasteiger partial charge in [-0.3, -0.25) is 44.0 Å². The van der Waals surface area contributed by atoms with Gasteiger partial charge in [0.15, 0.2) is 6.61 Å². The number of nitrogens with one attached hydrogen (secondary N) is 4. The second-order valence-electron chi connectivity index (χ2n) is 15.4. The molecule has 1 unspecified atom stereocenters. The predicted octanol–water partition coefficient (Wildman–Crippen LogP) is 4.75. The summed E-state index contributed by atoms with van der Waals surface area (Å²) in [5, 5.41) is 12.5. The summed E-state index contributed by atoms with van der Waals surface area (Å²) in [4.78, 5) is 83.2. The molecule has 304 valence electrons. The van der Waals surface area contributed by atoms with Gasteiger partial charge in [-0.15, -0.1) is 0 Å². The normalized spacial score (nSPS) is 17.4. The van der Waals surface area contributed by atoms with Crippen LogP contribution in [0.25, 0.3) is 10.9 Å². The van der Waals surface area contributed by atoms with Crippen molar-refractivity contribution in [3.8, 4) is 5.75 Å². The first-order valence-electron chi connectivity index (χ1n) is 20.5. The monoisotopic (exact) mass is 781 g/mol. The lowest BCUT2D eigenvalue weighted by atomic mass is 9.99. The number of unbranched alkanes of at least 4 members (excludes halogenated alkanes) is 8. The number of hydrogen-bond acceptors (Lipinski definition) is 10. The first-order chi connectivity index (χ1) is 27.6. The van der Waals surface area contributed by atoms with Crippen LogP contribution in [-0.2, 0) is 20.8 Å². The van der Waals surface area contributed by atoms with Crippen molar-refractivity contribution in [1.82, 2.24) is 30.7 Å². The van der Waals surface area contributed by atoms with Gasteiger partial charge in [0.05, 0.1) is 27.9 Å². The molecule has 4 heterocycles. The van der Waals surface area contributed by atoms with E-state index in [0.29, 0.717) is 18.2 Å². The Kier molecular flexibility index (Phi) is 14.2. The molecule has 4 N–H and O–H groups in total. The Morgan fingerprint density at radius 1 is 0.895 bits per heavy atom. The minimum Gasteiger partial charge on any atom is -0.483 e. The third kappa shape index (κ3) is 10.3. The number of aromatic nitrogens is 1. The van der Waals surface area contributed by atoms with Crippen LogP contribution in [0.1, 0.15) is 120 Å². The maximum Gasteiger partial charge on any atom is 0.266 e. The Balaban J connectivity index is 0.842. The van der Waals surface area contributed by atoms with Crippen LogP contribution < -0.4 is 26.0 Å². The SMILES string of the molecule is CNC(=O)c1cnc2ccc(CCCCCCCCCCCNC(=O)COc3cccc4c3C(=O)N(C3CCC(=O)NC3=O)C4=O)cc2c1NC1CCN(C)CC1. The summed E-state index contributed by atoms with van der Waals surface area (Å²) in [6.45, 7) is 2.27. The van der Waals surface area contributed by atoms with Gasteiger partial charge in [0.25, 0.3) is 23.6 Å². The van der Waals surface area contributed by atoms with E-state index in [1.165, 1.54) is 37.0 Å². The first kappa shape index (κ1) is 41.3. The summed E-state index contributed by atoms with van der Waals surface area (Å²) in [7, 11) is 3.80. The number of pyridine rings is 1. The number of carbonyl (C=O) groups excluding carboxylic acids is 6. The van der Waals surface area contributed by atoms with Gasteiger partial charge in [-0.25, -0.2) is 0 Å². The number of ether oxygens (including phenoxy) is 1. The van der Waals surface area contributed by atoms with Crippen molar-refractivity contribution in [3.05, 3.63) is 64.8 Å². The lowest BCUT2D eigenvalue weighted by Crippen LogP contribution is -2.54. The highest BCUT2D eigenvalue weighted by Crippen LogP contribution is 2.34. The van der Waals surface area contributed by atoms with Crippen LogP contribution in [0.3, 0.4) is 0 Å². The molecule has 1 atom stereocenters. The molecule has 2 saturated heterocycles.